The first-order chi connectivity index (χ1) is 7.78. The normalized spacial score (nSPS) is 22.8. The van der Waals surface area contributed by atoms with E-state index in [0.717, 1.165) is 17.6 Å². The Hall–Kier alpha value is -0.530. The van der Waals surface area contributed by atoms with Gasteiger partial charge in [0.1, 0.15) is 0 Å². The average Bonchev–Trinajstić information content (AvgIpc) is 3.03. The van der Waals surface area contributed by atoms with Crippen molar-refractivity contribution in [3.8, 4) is 0 Å². The van der Waals surface area contributed by atoms with Gasteiger partial charge in [0.05, 0.1) is 0 Å². The molecule has 0 unspecified atom stereocenters. The first-order valence-corrected chi connectivity index (χ1v) is 6.66. The molecule has 86 valence electrons. The maximum atomic E-state index is 5.94. The summed E-state index contributed by atoms with van der Waals surface area (Å²) in [5, 5.41) is 4.52. The molecule has 2 saturated carbocycles. The van der Waals surface area contributed by atoms with Crippen LogP contribution in [0, 0.1) is 0 Å². The molecule has 0 aromatic heterocycles. The lowest BCUT2D eigenvalue weighted by atomic mass is 9.64. The van der Waals surface area contributed by atoms with Crippen molar-refractivity contribution in [1.29, 1.82) is 0 Å². The van der Waals surface area contributed by atoms with Crippen LogP contribution in [-0.2, 0) is 5.41 Å². The second kappa shape index (κ2) is 4.05. The Morgan fingerprint density at radius 3 is 2.38 bits per heavy atom. The summed E-state index contributed by atoms with van der Waals surface area (Å²) in [5.74, 6) is 0. The van der Waals surface area contributed by atoms with Crippen LogP contribution in [0.5, 0.6) is 0 Å². The van der Waals surface area contributed by atoms with Crippen molar-refractivity contribution in [3.05, 3.63) is 34.9 Å². The third kappa shape index (κ3) is 1.99. The van der Waals surface area contributed by atoms with Gasteiger partial charge in [0.2, 0.25) is 0 Å². The molecular formula is C14H18ClN. The van der Waals surface area contributed by atoms with Crippen LogP contribution >= 0.6 is 11.6 Å². The standard InChI is InChI=1S/C14H18ClN/c15-12-4-2-11(3-5-12)14(8-1-9-14)10-16-13-6-7-13/h2-5,13,16H,1,6-10H2. The van der Waals surface area contributed by atoms with Gasteiger partial charge >= 0.3 is 0 Å². The second-order valence-corrected chi connectivity index (χ2v) is 5.73. The molecule has 1 N–H and O–H groups in total. The molecule has 2 aliphatic carbocycles. The van der Waals surface area contributed by atoms with E-state index in [9.17, 15) is 0 Å². The molecule has 2 heteroatoms. The monoisotopic (exact) mass is 235 g/mol. The molecule has 0 aliphatic heterocycles. The van der Waals surface area contributed by atoms with Crippen LogP contribution in [0.25, 0.3) is 0 Å². The summed E-state index contributed by atoms with van der Waals surface area (Å²) in [6, 6.07) is 9.26. The van der Waals surface area contributed by atoms with Crippen molar-refractivity contribution >= 4 is 11.6 Å². The van der Waals surface area contributed by atoms with Gasteiger partial charge in [0.15, 0.2) is 0 Å². The molecular weight excluding hydrogens is 218 g/mol. The first kappa shape index (κ1) is 10.6. The fraction of sp³-hybridized carbons (Fsp3) is 0.571. The molecule has 1 aromatic rings. The summed E-state index contributed by atoms with van der Waals surface area (Å²) >= 11 is 5.94. The van der Waals surface area contributed by atoms with Crippen molar-refractivity contribution in [1.82, 2.24) is 5.32 Å². The summed E-state index contributed by atoms with van der Waals surface area (Å²) in [6.45, 7) is 1.15. The van der Waals surface area contributed by atoms with Gasteiger partial charge in [-0.1, -0.05) is 30.2 Å². The maximum absolute atomic E-state index is 5.94. The van der Waals surface area contributed by atoms with Gasteiger partial charge in [-0.15, -0.1) is 0 Å². The zero-order valence-electron chi connectivity index (χ0n) is 9.51. The van der Waals surface area contributed by atoms with E-state index in [1.807, 2.05) is 12.1 Å². The minimum absolute atomic E-state index is 0.410. The highest BCUT2D eigenvalue weighted by molar-refractivity contribution is 6.30. The Labute approximate surface area is 102 Å². The lowest BCUT2D eigenvalue weighted by Gasteiger charge is -2.43. The van der Waals surface area contributed by atoms with E-state index < -0.39 is 0 Å². The van der Waals surface area contributed by atoms with Crippen molar-refractivity contribution in [2.24, 2.45) is 0 Å². The Morgan fingerprint density at radius 1 is 1.19 bits per heavy atom. The molecule has 1 nitrogen and oxygen atoms in total. The molecule has 1 aromatic carbocycles. The Balaban J connectivity index is 1.74. The predicted molar refractivity (Wildman–Crippen MR) is 68.0 cm³/mol. The molecule has 3 rings (SSSR count). The fourth-order valence-electron chi connectivity index (χ4n) is 2.60. The largest absolute Gasteiger partial charge is 0.313 e. The van der Waals surface area contributed by atoms with Gasteiger partial charge in [0, 0.05) is 23.0 Å². The van der Waals surface area contributed by atoms with Crippen LogP contribution in [0.2, 0.25) is 5.02 Å². The van der Waals surface area contributed by atoms with E-state index in [0.29, 0.717) is 5.41 Å². The molecule has 0 saturated heterocycles. The Bertz CT molecular complexity index is 363. The number of rotatable bonds is 4. The van der Waals surface area contributed by atoms with Crippen molar-refractivity contribution in [2.45, 2.75) is 43.6 Å². The second-order valence-electron chi connectivity index (χ2n) is 5.30. The molecule has 0 amide bonds. The summed E-state index contributed by atoms with van der Waals surface area (Å²) < 4.78 is 0. The number of hydrogen-bond donors (Lipinski definition) is 1. The Kier molecular flexibility index (Phi) is 2.68. The molecule has 0 bridgehead atoms. The lowest BCUT2D eigenvalue weighted by Crippen LogP contribution is -2.44. The van der Waals surface area contributed by atoms with Crippen LogP contribution in [0.4, 0.5) is 0 Å². The van der Waals surface area contributed by atoms with Gasteiger partial charge in [-0.05, 0) is 43.4 Å². The molecule has 0 heterocycles. The quantitative estimate of drug-likeness (QED) is 0.842. The van der Waals surface area contributed by atoms with Crippen molar-refractivity contribution < 1.29 is 0 Å². The highest BCUT2D eigenvalue weighted by Gasteiger charge is 2.39. The maximum Gasteiger partial charge on any atom is 0.0406 e. The van der Waals surface area contributed by atoms with E-state index in [1.54, 1.807) is 0 Å². The summed E-state index contributed by atoms with van der Waals surface area (Å²) in [5.41, 5.74) is 1.88. The predicted octanol–water partition coefficient (Wildman–Crippen LogP) is 3.51. The molecule has 0 atom stereocenters. The smallest absolute Gasteiger partial charge is 0.0406 e. The van der Waals surface area contributed by atoms with E-state index in [2.05, 4.69) is 17.4 Å². The SMILES string of the molecule is Clc1ccc(C2(CNC3CC3)CCC2)cc1. The van der Waals surface area contributed by atoms with Crippen LogP contribution < -0.4 is 5.32 Å². The third-order valence-electron chi connectivity index (χ3n) is 4.07. The van der Waals surface area contributed by atoms with Crippen LogP contribution in [0.3, 0.4) is 0 Å². The third-order valence-corrected chi connectivity index (χ3v) is 4.33. The average molecular weight is 236 g/mol. The zero-order valence-corrected chi connectivity index (χ0v) is 10.3. The van der Waals surface area contributed by atoms with Gasteiger partial charge in [0.25, 0.3) is 0 Å². The summed E-state index contributed by atoms with van der Waals surface area (Å²) in [6.07, 6.45) is 6.77. The first-order valence-electron chi connectivity index (χ1n) is 6.28. The summed E-state index contributed by atoms with van der Waals surface area (Å²) in [4.78, 5) is 0. The summed E-state index contributed by atoms with van der Waals surface area (Å²) in [7, 11) is 0. The van der Waals surface area contributed by atoms with Gasteiger partial charge in [-0.2, -0.15) is 0 Å². The van der Waals surface area contributed by atoms with Crippen molar-refractivity contribution in [3.63, 3.8) is 0 Å². The zero-order chi connectivity index (χ0) is 11.0. The molecule has 2 aliphatic rings. The minimum atomic E-state index is 0.410. The van der Waals surface area contributed by atoms with E-state index in [4.69, 9.17) is 11.6 Å². The number of halogens is 1. The molecule has 2 fully saturated rings. The van der Waals surface area contributed by atoms with E-state index in [1.165, 1.54) is 37.7 Å². The van der Waals surface area contributed by atoms with Gasteiger partial charge in [-0.25, -0.2) is 0 Å². The number of hydrogen-bond acceptors (Lipinski definition) is 1. The van der Waals surface area contributed by atoms with Crippen molar-refractivity contribution in [2.75, 3.05) is 6.54 Å². The highest BCUT2D eigenvalue weighted by Crippen LogP contribution is 2.43. The van der Waals surface area contributed by atoms with Crippen LogP contribution in [0.15, 0.2) is 24.3 Å². The lowest BCUT2D eigenvalue weighted by molar-refractivity contribution is 0.233. The number of nitrogens with one attached hydrogen (secondary N) is 1. The molecule has 16 heavy (non-hydrogen) atoms. The highest BCUT2D eigenvalue weighted by atomic mass is 35.5. The van der Waals surface area contributed by atoms with E-state index in [-0.39, 0.29) is 0 Å². The van der Waals surface area contributed by atoms with Crippen LogP contribution in [-0.4, -0.2) is 12.6 Å². The molecule has 0 radical (unpaired) electrons. The van der Waals surface area contributed by atoms with Crippen LogP contribution in [0.1, 0.15) is 37.7 Å². The topological polar surface area (TPSA) is 12.0 Å². The molecule has 0 spiro atoms. The van der Waals surface area contributed by atoms with E-state index >= 15 is 0 Å². The fourth-order valence-corrected chi connectivity index (χ4v) is 2.73. The van der Waals surface area contributed by atoms with Gasteiger partial charge < -0.3 is 5.32 Å². The minimum Gasteiger partial charge on any atom is -0.313 e. The van der Waals surface area contributed by atoms with Gasteiger partial charge in [-0.3, -0.25) is 0 Å². The Morgan fingerprint density at radius 2 is 1.88 bits per heavy atom. The number of benzene rings is 1.